The topological polar surface area (TPSA) is 58.2 Å². The number of rotatable bonds is 4. The summed E-state index contributed by atoms with van der Waals surface area (Å²) in [6.45, 7) is 1.78. The highest BCUT2D eigenvalue weighted by molar-refractivity contribution is 9.10. The van der Waals surface area contributed by atoms with E-state index in [0.717, 1.165) is 10.0 Å². The zero-order valence-corrected chi connectivity index (χ0v) is 13.4. The Kier molecular flexibility index (Phi) is 5.27. The van der Waals surface area contributed by atoms with E-state index in [2.05, 4.69) is 26.6 Å². The second kappa shape index (κ2) is 7.17. The normalized spacial score (nSPS) is 10.1. The van der Waals surface area contributed by atoms with Gasteiger partial charge in [0.2, 0.25) is 5.91 Å². The van der Waals surface area contributed by atoms with E-state index >= 15 is 0 Å². The first kappa shape index (κ1) is 16.2. The molecule has 114 valence electrons. The van der Waals surface area contributed by atoms with E-state index in [0.29, 0.717) is 11.3 Å². The molecule has 22 heavy (non-hydrogen) atoms. The molecule has 2 aromatic carbocycles. The summed E-state index contributed by atoms with van der Waals surface area (Å²) in [6, 6.07) is 10.5. The number of halogens is 2. The van der Waals surface area contributed by atoms with Crippen LogP contribution in [0, 0.1) is 12.7 Å². The molecule has 0 aliphatic carbocycles. The van der Waals surface area contributed by atoms with Crippen LogP contribution in [0.25, 0.3) is 0 Å². The van der Waals surface area contributed by atoms with Crippen LogP contribution in [-0.4, -0.2) is 18.4 Å². The lowest BCUT2D eigenvalue weighted by atomic mass is 10.2. The van der Waals surface area contributed by atoms with Gasteiger partial charge in [-0.2, -0.15) is 0 Å². The summed E-state index contributed by atoms with van der Waals surface area (Å²) in [6.07, 6.45) is 0. The van der Waals surface area contributed by atoms with Crippen LogP contribution in [0.5, 0.6) is 0 Å². The molecule has 0 unspecified atom stereocenters. The maximum Gasteiger partial charge on any atom is 0.251 e. The molecule has 0 fully saturated rings. The third kappa shape index (κ3) is 4.39. The van der Waals surface area contributed by atoms with E-state index in [1.54, 1.807) is 12.1 Å². The lowest BCUT2D eigenvalue weighted by molar-refractivity contribution is -0.115. The van der Waals surface area contributed by atoms with Gasteiger partial charge in [0, 0.05) is 15.7 Å². The van der Waals surface area contributed by atoms with Gasteiger partial charge in [0.25, 0.3) is 5.91 Å². The Morgan fingerprint density at radius 3 is 2.45 bits per heavy atom. The third-order valence-corrected chi connectivity index (χ3v) is 3.83. The highest BCUT2D eigenvalue weighted by Gasteiger charge is 2.08. The molecule has 0 aromatic heterocycles. The zero-order valence-electron chi connectivity index (χ0n) is 11.8. The molecule has 0 radical (unpaired) electrons. The van der Waals surface area contributed by atoms with Gasteiger partial charge >= 0.3 is 0 Å². The molecule has 0 aliphatic rings. The Balaban J connectivity index is 1.88. The fourth-order valence-electron chi connectivity index (χ4n) is 1.74. The fraction of sp³-hybridized carbons (Fsp3) is 0.125. The van der Waals surface area contributed by atoms with E-state index in [1.165, 1.54) is 24.3 Å². The van der Waals surface area contributed by atoms with Crippen molar-refractivity contribution in [3.8, 4) is 0 Å². The number of amides is 2. The largest absolute Gasteiger partial charge is 0.343 e. The van der Waals surface area contributed by atoms with Gasteiger partial charge in [-0.15, -0.1) is 0 Å². The van der Waals surface area contributed by atoms with Crippen molar-refractivity contribution in [1.82, 2.24) is 5.32 Å². The zero-order chi connectivity index (χ0) is 16.1. The minimum atomic E-state index is -0.430. The van der Waals surface area contributed by atoms with Crippen molar-refractivity contribution < 1.29 is 14.0 Å². The Morgan fingerprint density at radius 1 is 1.14 bits per heavy atom. The Hall–Kier alpha value is -2.21. The van der Waals surface area contributed by atoms with Gasteiger partial charge in [0.05, 0.1) is 6.54 Å². The van der Waals surface area contributed by atoms with Crippen LogP contribution in [0.1, 0.15) is 15.9 Å². The van der Waals surface area contributed by atoms with Crippen molar-refractivity contribution in [3.05, 3.63) is 63.9 Å². The molecule has 2 amide bonds. The standard InChI is InChI=1S/C16H14BrFN2O2/c1-10-2-7-13(8-14(10)17)20-15(21)9-19-16(22)11-3-5-12(18)6-4-11/h2-8H,9H2,1H3,(H,19,22)(H,20,21). The van der Waals surface area contributed by atoms with Crippen molar-refractivity contribution in [2.24, 2.45) is 0 Å². The maximum atomic E-state index is 12.8. The molecular weight excluding hydrogens is 351 g/mol. The predicted molar refractivity (Wildman–Crippen MR) is 86.2 cm³/mol. The second-order valence-electron chi connectivity index (χ2n) is 4.70. The third-order valence-electron chi connectivity index (χ3n) is 2.97. The van der Waals surface area contributed by atoms with Crippen molar-refractivity contribution >= 4 is 33.4 Å². The quantitative estimate of drug-likeness (QED) is 0.874. The first-order valence-electron chi connectivity index (χ1n) is 6.55. The number of benzene rings is 2. The highest BCUT2D eigenvalue weighted by atomic mass is 79.9. The number of nitrogens with one attached hydrogen (secondary N) is 2. The van der Waals surface area contributed by atoms with Gasteiger partial charge in [-0.1, -0.05) is 22.0 Å². The maximum absolute atomic E-state index is 12.8. The van der Waals surface area contributed by atoms with Gasteiger partial charge in [0.15, 0.2) is 0 Å². The molecule has 0 heterocycles. The van der Waals surface area contributed by atoms with Gasteiger partial charge in [-0.05, 0) is 48.9 Å². The molecule has 0 bridgehead atoms. The van der Waals surface area contributed by atoms with E-state index in [4.69, 9.17) is 0 Å². The lowest BCUT2D eigenvalue weighted by Gasteiger charge is -2.08. The number of hydrogen-bond donors (Lipinski definition) is 2. The van der Waals surface area contributed by atoms with Crippen molar-refractivity contribution in [2.75, 3.05) is 11.9 Å². The molecule has 4 nitrogen and oxygen atoms in total. The van der Waals surface area contributed by atoms with Gasteiger partial charge in [-0.25, -0.2) is 4.39 Å². The number of carbonyl (C=O) groups is 2. The van der Waals surface area contributed by atoms with Crippen LogP contribution < -0.4 is 10.6 Å². The molecule has 2 aromatic rings. The van der Waals surface area contributed by atoms with Crippen LogP contribution in [0.4, 0.5) is 10.1 Å². The summed E-state index contributed by atoms with van der Waals surface area (Å²) in [4.78, 5) is 23.6. The highest BCUT2D eigenvalue weighted by Crippen LogP contribution is 2.20. The molecule has 6 heteroatoms. The molecular formula is C16H14BrFN2O2. The molecule has 0 aliphatic heterocycles. The Morgan fingerprint density at radius 2 is 1.82 bits per heavy atom. The number of carbonyl (C=O) groups excluding carboxylic acids is 2. The first-order chi connectivity index (χ1) is 10.5. The second-order valence-corrected chi connectivity index (χ2v) is 5.56. The summed E-state index contributed by atoms with van der Waals surface area (Å²) >= 11 is 3.38. The van der Waals surface area contributed by atoms with Crippen molar-refractivity contribution in [1.29, 1.82) is 0 Å². The van der Waals surface area contributed by atoms with Gasteiger partial charge in [0.1, 0.15) is 5.82 Å². The SMILES string of the molecule is Cc1ccc(NC(=O)CNC(=O)c2ccc(F)cc2)cc1Br. The van der Waals surface area contributed by atoms with Crippen LogP contribution in [0.3, 0.4) is 0 Å². The van der Waals surface area contributed by atoms with E-state index in [1.807, 2.05) is 13.0 Å². The van der Waals surface area contributed by atoms with Crippen LogP contribution >= 0.6 is 15.9 Å². The van der Waals surface area contributed by atoms with Crippen molar-refractivity contribution in [3.63, 3.8) is 0 Å². The Labute approximate surface area is 135 Å². The van der Waals surface area contributed by atoms with E-state index in [-0.39, 0.29) is 12.5 Å². The lowest BCUT2D eigenvalue weighted by Crippen LogP contribution is -2.32. The molecule has 0 atom stereocenters. The minimum Gasteiger partial charge on any atom is -0.343 e. The van der Waals surface area contributed by atoms with Crippen LogP contribution in [0.2, 0.25) is 0 Å². The number of aryl methyl sites for hydroxylation is 1. The van der Waals surface area contributed by atoms with E-state index in [9.17, 15) is 14.0 Å². The molecule has 2 rings (SSSR count). The van der Waals surface area contributed by atoms with Crippen LogP contribution in [-0.2, 0) is 4.79 Å². The van der Waals surface area contributed by atoms with E-state index < -0.39 is 11.7 Å². The van der Waals surface area contributed by atoms with Gasteiger partial charge in [-0.3, -0.25) is 9.59 Å². The Bertz CT molecular complexity index is 702. The smallest absolute Gasteiger partial charge is 0.251 e. The average Bonchev–Trinajstić information content (AvgIpc) is 2.49. The average molecular weight is 365 g/mol. The fourth-order valence-corrected chi connectivity index (χ4v) is 2.12. The minimum absolute atomic E-state index is 0.165. The summed E-state index contributed by atoms with van der Waals surface area (Å²) < 4.78 is 13.7. The van der Waals surface area contributed by atoms with Crippen LogP contribution in [0.15, 0.2) is 46.9 Å². The number of hydrogen-bond acceptors (Lipinski definition) is 2. The molecule has 2 N–H and O–H groups in total. The molecule has 0 saturated heterocycles. The predicted octanol–water partition coefficient (Wildman–Crippen LogP) is 3.27. The van der Waals surface area contributed by atoms with Gasteiger partial charge < -0.3 is 10.6 Å². The molecule has 0 saturated carbocycles. The summed E-state index contributed by atoms with van der Waals surface area (Å²) in [5, 5.41) is 5.16. The summed E-state index contributed by atoms with van der Waals surface area (Å²) in [7, 11) is 0. The molecule has 0 spiro atoms. The monoisotopic (exact) mass is 364 g/mol. The van der Waals surface area contributed by atoms with Crippen molar-refractivity contribution in [2.45, 2.75) is 6.92 Å². The summed E-state index contributed by atoms with van der Waals surface area (Å²) in [5.74, 6) is -1.19. The first-order valence-corrected chi connectivity index (χ1v) is 7.35. The summed E-state index contributed by atoms with van der Waals surface area (Å²) in [5.41, 5.74) is 1.99. The number of anilines is 1.